The number of rotatable bonds is 4. The smallest absolute Gasteiger partial charge is 0.430 e. The summed E-state index contributed by atoms with van der Waals surface area (Å²) in [5, 5.41) is 8.78. The molecular weight excluding hydrogens is 435 g/mol. The van der Waals surface area contributed by atoms with E-state index in [1.807, 2.05) is 31.2 Å². The lowest BCUT2D eigenvalue weighted by Gasteiger charge is -2.22. The first-order valence-corrected chi connectivity index (χ1v) is 9.80. The van der Waals surface area contributed by atoms with Crippen molar-refractivity contribution in [2.45, 2.75) is 37.7 Å². The van der Waals surface area contributed by atoms with Crippen LogP contribution in [0.25, 0.3) is 11.1 Å². The molecule has 1 heterocycles. The number of halogens is 5. The van der Waals surface area contributed by atoms with Crippen LogP contribution in [-0.4, -0.2) is 48.3 Å². The minimum Gasteiger partial charge on any atom is -0.542 e. The van der Waals surface area contributed by atoms with Crippen molar-refractivity contribution in [2.24, 2.45) is 0 Å². The monoisotopic (exact) mass is 458 g/mol. The third kappa shape index (κ3) is 6.74. The third-order valence-corrected chi connectivity index (χ3v) is 5.21. The second-order valence-corrected chi connectivity index (χ2v) is 7.48. The summed E-state index contributed by atoms with van der Waals surface area (Å²) in [5.41, 5.74) is 6.96. The Morgan fingerprint density at radius 2 is 1.53 bits per heavy atom. The quantitative estimate of drug-likeness (QED) is 0.712. The van der Waals surface area contributed by atoms with E-state index in [0.717, 1.165) is 16.7 Å². The van der Waals surface area contributed by atoms with Crippen LogP contribution >= 0.6 is 0 Å². The van der Waals surface area contributed by atoms with Crippen molar-refractivity contribution in [1.29, 1.82) is 0 Å². The van der Waals surface area contributed by atoms with E-state index in [9.17, 15) is 26.7 Å². The summed E-state index contributed by atoms with van der Waals surface area (Å²) in [6, 6.07) is 13.8. The van der Waals surface area contributed by atoms with Crippen molar-refractivity contribution >= 4 is 11.9 Å². The Morgan fingerprint density at radius 3 is 1.94 bits per heavy atom. The number of carboxylic acid groups (broad SMARTS) is 1. The van der Waals surface area contributed by atoms with Crippen molar-refractivity contribution in [3.63, 3.8) is 0 Å². The second-order valence-electron chi connectivity index (χ2n) is 7.48. The van der Waals surface area contributed by atoms with Gasteiger partial charge in [0.25, 0.3) is 5.91 Å². The molecule has 0 saturated carbocycles. The van der Waals surface area contributed by atoms with E-state index < -0.39 is 24.4 Å². The van der Waals surface area contributed by atoms with E-state index in [4.69, 9.17) is 9.90 Å². The fourth-order valence-corrected chi connectivity index (χ4v) is 3.22. The van der Waals surface area contributed by atoms with Crippen LogP contribution in [0.4, 0.5) is 22.0 Å². The number of quaternary nitrogens is 1. The number of carbonyl (C=O) groups excluding carboxylic acids is 2. The van der Waals surface area contributed by atoms with Gasteiger partial charge < -0.3 is 20.5 Å². The van der Waals surface area contributed by atoms with E-state index in [2.05, 4.69) is 5.73 Å². The number of hydrogen-bond acceptors (Lipinski definition) is 3. The molecular formula is C22H23F5N2O3. The molecule has 0 aliphatic carbocycles. The maximum absolute atomic E-state index is 13.3. The Balaban J connectivity index is 0.000000451. The van der Waals surface area contributed by atoms with Crippen molar-refractivity contribution in [1.82, 2.24) is 4.90 Å². The highest BCUT2D eigenvalue weighted by atomic mass is 19.4. The first-order valence-electron chi connectivity index (χ1n) is 9.80. The molecule has 32 heavy (non-hydrogen) atoms. The second kappa shape index (κ2) is 10.5. The van der Waals surface area contributed by atoms with Crippen LogP contribution in [0.3, 0.4) is 0 Å². The highest BCUT2D eigenvalue weighted by Crippen LogP contribution is 2.25. The van der Waals surface area contributed by atoms with Crippen LogP contribution in [0.2, 0.25) is 0 Å². The molecule has 1 amide bonds. The first-order chi connectivity index (χ1) is 14.9. The Kier molecular flexibility index (Phi) is 8.31. The summed E-state index contributed by atoms with van der Waals surface area (Å²) in [4.78, 5) is 22.8. The summed E-state index contributed by atoms with van der Waals surface area (Å²) >= 11 is 0. The highest BCUT2D eigenvalue weighted by molar-refractivity contribution is 5.81. The van der Waals surface area contributed by atoms with E-state index >= 15 is 0 Å². The lowest BCUT2D eigenvalue weighted by Crippen LogP contribution is -2.69. The molecule has 174 valence electrons. The molecule has 0 aromatic heterocycles. The Bertz CT molecular complexity index is 917. The Labute approximate surface area is 181 Å². The van der Waals surface area contributed by atoms with Gasteiger partial charge in [-0.1, -0.05) is 43.3 Å². The summed E-state index contributed by atoms with van der Waals surface area (Å²) < 4.78 is 57.9. The maximum Gasteiger partial charge on any atom is 0.430 e. The van der Waals surface area contributed by atoms with Crippen molar-refractivity contribution < 1.29 is 42.4 Å². The first kappa shape index (κ1) is 25.3. The summed E-state index contributed by atoms with van der Waals surface area (Å²) in [6.07, 6.45) is -5.69. The maximum atomic E-state index is 13.3. The molecule has 3 atom stereocenters. The summed E-state index contributed by atoms with van der Waals surface area (Å²) in [6.45, 7) is 2.62. The number of carbonyl (C=O) groups is 2. The van der Waals surface area contributed by atoms with Crippen molar-refractivity contribution in [2.75, 3.05) is 13.1 Å². The average molecular weight is 458 g/mol. The van der Waals surface area contributed by atoms with Gasteiger partial charge in [0.2, 0.25) is 0 Å². The number of aliphatic carboxylic acids is 1. The number of hydrogen-bond donors (Lipinski definition) is 1. The van der Waals surface area contributed by atoms with Gasteiger partial charge in [-0.15, -0.1) is 0 Å². The topological polar surface area (TPSA) is 88.1 Å². The number of carboxylic acids is 1. The molecule has 1 fully saturated rings. The predicted octanol–water partition coefficient (Wildman–Crippen LogP) is 2.08. The zero-order valence-electron chi connectivity index (χ0n) is 17.2. The fourth-order valence-electron chi connectivity index (χ4n) is 3.22. The third-order valence-electron chi connectivity index (χ3n) is 5.21. The molecule has 0 bridgehead atoms. The number of benzene rings is 2. The van der Waals surface area contributed by atoms with Crippen LogP contribution in [0.1, 0.15) is 24.8 Å². The predicted molar refractivity (Wildman–Crippen MR) is 104 cm³/mol. The van der Waals surface area contributed by atoms with E-state index in [1.54, 1.807) is 17.0 Å². The summed E-state index contributed by atoms with van der Waals surface area (Å²) in [5.74, 6) is -3.42. The summed E-state index contributed by atoms with van der Waals surface area (Å²) in [7, 11) is 0. The van der Waals surface area contributed by atoms with Crippen LogP contribution in [-0.2, 0) is 9.59 Å². The van der Waals surface area contributed by atoms with Gasteiger partial charge in [0.05, 0.1) is 6.54 Å². The Morgan fingerprint density at radius 1 is 1.06 bits per heavy atom. The van der Waals surface area contributed by atoms with Gasteiger partial charge in [-0.2, -0.15) is 13.2 Å². The molecule has 0 unspecified atom stereocenters. The van der Waals surface area contributed by atoms with E-state index in [1.165, 1.54) is 12.1 Å². The number of nitrogens with zero attached hydrogens (tertiary/aromatic N) is 1. The standard InChI is InChI=1S/C20H22F2N2O.C2HF3O2/c1-13(19(23)20(25)24-11-10-18(22)12-24)14-2-4-15(5-3-14)16-6-8-17(21)9-7-16;3-2(4,5)1(6)7/h2-9,13,18-19H,10-12,23H2,1H3;(H,6,7)/t13-,18-,19-;/m0./s1. The largest absolute Gasteiger partial charge is 0.542 e. The Hall–Kier alpha value is -3.01. The molecule has 1 aliphatic heterocycles. The molecule has 1 aliphatic rings. The van der Waals surface area contributed by atoms with Crippen LogP contribution in [0, 0.1) is 5.82 Å². The van der Waals surface area contributed by atoms with Gasteiger partial charge in [0.1, 0.15) is 18.0 Å². The number of amides is 1. The van der Waals surface area contributed by atoms with Crippen molar-refractivity contribution in [3.05, 3.63) is 59.9 Å². The van der Waals surface area contributed by atoms with Gasteiger partial charge in [-0.3, -0.25) is 4.79 Å². The molecule has 0 radical (unpaired) electrons. The lowest BCUT2D eigenvalue weighted by atomic mass is 9.91. The highest BCUT2D eigenvalue weighted by Gasteiger charge is 2.34. The minimum absolute atomic E-state index is 0.0616. The molecule has 2 aromatic carbocycles. The zero-order chi connectivity index (χ0) is 24.1. The van der Waals surface area contributed by atoms with Gasteiger partial charge in [0, 0.05) is 12.5 Å². The van der Waals surface area contributed by atoms with E-state index in [-0.39, 0.29) is 24.2 Å². The lowest BCUT2D eigenvalue weighted by molar-refractivity contribution is -0.410. The van der Waals surface area contributed by atoms with Gasteiger partial charge >= 0.3 is 6.18 Å². The van der Waals surface area contributed by atoms with Gasteiger partial charge in [0.15, 0.2) is 6.04 Å². The molecule has 5 nitrogen and oxygen atoms in total. The number of likely N-dealkylation sites (tertiary alicyclic amines) is 1. The zero-order valence-corrected chi connectivity index (χ0v) is 17.2. The van der Waals surface area contributed by atoms with Gasteiger partial charge in [-0.25, -0.2) is 8.78 Å². The van der Waals surface area contributed by atoms with Gasteiger partial charge in [-0.05, 0) is 35.2 Å². The van der Waals surface area contributed by atoms with Crippen molar-refractivity contribution in [3.8, 4) is 11.1 Å². The normalized spacial score (nSPS) is 17.8. The number of alkyl halides is 4. The molecule has 2 aromatic rings. The SMILES string of the molecule is C[C@@H](c1ccc(-c2ccc(F)cc2)cc1)[C@H]([NH3+])C(=O)N1CC[C@H](F)C1.O=C([O-])C(F)(F)F. The van der Waals surface area contributed by atoms with Crippen LogP contribution in [0.5, 0.6) is 0 Å². The molecule has 10 heteroatoms. The van der Waals surface area contributed by atoms with E-state index in [0.29, 0.717) is 13.0 Å². The van der Waals surface area contributed by atoms with Crippen LogP contribution in [0.15, 0.2) is 48.5 Å². The molecule has 3 N–H and O–H groups in total. The van der Waals surface area contributed by atoms with Crippen LogP contribution < -0.4 is 10.8 Å². The molecule has 3 rings (SSSR count). The average Bonchev–Trinajstić information content (AvgIpc) is 3.19. The minimum atomic E-state index is -5.19. The fraction of sp³-hybridized carbons (Fsp3) is 0.364. The molecule has 0 spiro atoms. The molecule has 1 saturated heterocycles.